The first-order valence-corrected chi connectivity index (χ1v) is 8.30. The molecule has 2 aromatic rings. The van der Waals surface area contributed by atoms with Gasteiger partial charge in [0.25, 0.3) is 0 Å². The molecule has 0 aliphatic carbocycles. The van der Waals surface area contributed by atoms with E-state index < -0.39 is 5.60 Å². The predicted octanol–water partition coefficient (Wildman–Crippen LogP) is 1.87. The molecule has 1 unspecified atom stereocenters. The van der Waals surface area contributed by atoms with E-state index in [-0.39, 0.29) is 24.7 Å². The molecule has 1 aliphatic rings. The van der Waals surface area contributed by atoms with E-state index in [0.29, 0.717) is 19.5 Å². The van der Waals surface area contributed by atoms with Crippen LogP contribution in [0.2, 0.25) is 0 Å². The molecule has 1 amide bonds. The second kappa shape index (κ2) is 7.57. The Morgan fingerprint density at radius 3 is 2.88 bits per heavy atom. The van der Waals surface area contributed by atoms with E-state index >= 15 is 0 Å². The predicted molar refractivity (Wildman–Crippen MR) is 90.8 cm³/mol. The van der Waals surface area contributed by atoms with Gasteiger partial charge in [-0.25, -0.2) is 9.07 Å². The monoisotopic (exact) mass is 344 g/mol. The second-order valence-corrected chi connectivity index (χ2v) is 6.40. The fourth-order valence-corrected chi connectivity index (χ4v) is 3.07. The van der Waals surface area contributed by atoms with Gasteiger partial charge in [0.15, 0.2) is 0 Å². The highest BCUT2D eigenvalue weighted by Crippen LogP contribution is 2.23. The van der Waals surface area contributed by atoms with Gasteiger partial charge in [-0.2, -0.15) is 0 Å². The summed E-state index contributed by atoms with van der Waals surface area (Å²) in [6.07, 6.45) is 8.44. The molecule has 7 heteroatoms. The standard InChI is InChI=1S/C18H21FN4O2/c19-16-7-5-15(6-8-16)3-1-4-17(24)22-11-2-9-18(25,13-22)14-23-12-10-20-21-23/h1,3,5-8,10,12,25H,2,4,9,11,13-14H2/b3-1+. The molecule has 1 fully saturated rings. The SMILES string of the molecule is O=C(C/C=C/c1ccc(F)cc1)N1CCCC(O)(Cn2ccnn2)C1. The number of aromatic nitrogens is 3. The number of aliphatic hydroxyl groups is 1. The molecule has 0 radical (unpaired) electrons. The number of piperidine rings is 1. The minimum Gasteiger partial charge on any atom is -0.386 e. The lowest BCUT2D eigenvalue weighted by atomic mass is 9.92. The quantitative estimate of drug-likeness (QED) is 0.899. The van der Waals surface area contributed by atoms with Crippen molar-refractivity contribution in [3.05, 3.63) is 54.1 Å². The summed E-state index contributed by atoms with van der Waals surface area (Å²) in [6.45, 7) is 1.25. The maximum atomic E-state index is 12.9. The van der Waals surface area contributed by atoms with E-state index in [1.807, 2.05) is 0 Å². The normalized spacial score (nSPS) is 21.0. The average molecular weight is 344 g/mol. The van der Waals surface area contributed by atoms with Crippen LogP contribution in [0.4, 0.5) is 4.39 Å². The number of carbonyl (C=O) groups excluding carboxylic acids is 1. The molecule has 1 aromatic heterocycles. The van der Waals surface area contributed by atoms with Crippen LogP contribution in [0.5, 0.6) is 0 Å². The van der Waals surface area contributed by atoms with E-state index in [4.69, 9.17) is 0 Å². The summed E-state index contributed by atoms with van der Waals surface area (Å²) in [4.78, 5) is 14.1. The van der Waals surface area contributed by atoms with Gasteiger partial charge in [0, 0.05) is 19.2 Å². The van der Waals surface area contributed by atoms with Gasteiger partial charge in [-0.1, -0.05) is 29.5 Å². The number of carbonyl (C=O) groups is 1. The lowest BCUT2D eigenvalue weighted by molar-refractivity contribution is -0.138. The Bertz CT molecular complexity index is 730. The lowest BCUT2D eigenvalue weighted by Gasteiger charge is -2.39. The van der Waals surface area contributed by atoms with Crippen molar-refractivity contribution in [2.24, 2.45) is 0 Å². The van der Waals surface area contributed by atoms with Crippen molar-refractivity contribution in [1.82, 2.24) is 19.9 Å². The third kappa shape index (κ3) is 4.73. The largest absolute Gasteiger partial charge is 0.386 e. The fraction of sp³-hybridized carbons (Fsp3) is 0.389. The van der Waals surface area contributed by atoms with Gasteiger partial charge < -0.3 is 10.0 Å². The average Bonchev–Trinajstić information content (AvgIpc) is 3.09. The Morgan fingerprint density at radius 2 is 2.16 bits per heavy atom. The molecular weight excluding hydrogens is 323 g/mol. The Balaban J connectivity index is 1.55. The molecule has 0 spiro atoms. The van der Waals surface area contributed by atoms with Crippen LogP contribution in [0.25, 0.3) is 6.08 Å². The van der Waals surface area contributed by atoms with Crippen molar-refractivity contribution in [3.63, 3.8) is 0 Å². The van der Waals surface area contributed by atoms with Crippen LogP contribution < -0.4 is 0 Å². The topological polar surface area (TPSA) is 71.2 Å². The summed E-state index contributed by atoms with van der Waals surface area (Å²) in [5.41, 5.74) is -0.141. The molecule has 3 rings (SSSR count). The zero-order chi connectivity index (χ0) is 17.7. The molecule has 1 saturated heterocycles. The molecule has 25 heavy (non-hydrogen) atoms. The summed E-state index contributed by atoms with van der Waals surface area (Å²) in [5.74, 6) is -0.316. The first-order valence-electron chi connectivity index (χ1n) is 8.30. The van der Waals surface area contributed by atoms with Crippen LogP contribution in [0.15, 0.2) is 42.7 Å². The van der Waals surface area contributed by atoms with Crippen molar-refractivity contribution < 1.29 is 14.3 Å². The van der Waals surface area contributed by atoms with Crippen molar-refractivity contribution in [1.29, 1.82) is 0 Å². The molecule has 0 bridgehead atoms. The van der Waals surface area contributed by atoms with Crippen LogP contribution >= 0.6 is 0 Å². The van der Waals surface area contributed by atoms with Gasteiger partial charge in [-0.05, 0) is 30.5 Å². The second-order valence-electron chi connectivity index (χ2n) is 6.40. The van der Waals surface area contributed by atoms with Crippen LogP contribution in [0, 0.1) is 5.82 Å². The number of nitrogens with zero attached hydrogens (tertiary/aromatic N) is 4. The van der Waals surface area contributed by atoms with Crippen molar-refractivity contribution in [3.8, 4) is 0 Å². The number of halogens is 1. The number of benzene rings is 1. The molecule has 1 aromatic carbocycles. The van der Waals surface area contributed by atoms with Crippen LogP contribution in [0.3, 0.4) is 0 Å². The van der Waals surface area contributed by atoms with E-state index in [9.17, 15) is 14.3 Å². The minimum absolute atomic E-state index is 0.0323. The smallest absolute Gasteiger partial charge is 0.226 e. The minimum atomic E-state index is -0.984. The van der Waals surface area contributed by atoms with Gasteiger partial charge in [0.1, 0.15) is 11.4 Å². The van der Waals surface area contributed by atoms with E-state index in [0.717, 1.165) is 12.0 Å². The molecule has 1 N–H and O–H groups in total. The van der Waals surface area contributed by atoms with E-state index in [1.54, 1.807) is 46.3 Å². The lowest BCUT2D eigenvalue weighted by Crippen LogP contribution is -2.52. The summed E-state index contributed by atoms with van der Waals surface area (Å²) in [6, 6.07) is 6.09. The van der Waals surface area contributed by atoms with Gasteiger partial charge in [0.2, 0.25) is 5.91 Å². The Labute approximate surface area is 145 Å². The van der Waals surface area contributed by atoms with Crippen LogP contribution in [-0.4, -0.2) is 49.6 Å². The molecule has 132 valence electrons. The molecule has 6 nitrogen and oxygen atoms in total. The summed E-state index contributed by atoms with van der Waals surface area (Å²) >= 11 is 0. The molecule has 1 atom stereocenters. The van der Waals surface area contributed by atoms with E-state index in [2.05, 4.69) is 10.3 Å². The Hall–Kier alpha value is -2.54. The number of β-amino-alcohol motifs (C(OH)–C–C–N with tert-alkyl or cyclic N) is 1. The molecule has 1 aliphatic heterocycles. The number of likely N-dealkylation sites (tertiary alicyclic amines) is 1. The zero-order valence-corrected chi connectivity index (χ0v) is 13.9. The highest BCUT2D eigenvalue weighted by atomic mass is 19.1. The summed E-state index contributed by atoms with van der Waals surface area (Å²) in [5, 5.41) is 18.4. The Kier molecular flexibility index (Phi) is 5.23. The van der Waals surface area contributed by atoms with Crippen molar-refractivity contribution >= 4 is 12.0 Å². The van der Waals surface area contributed by atoms with Gasteiger partial charge in [-0.3, -0.25) is 4.79 Å². The van der Waals surface area contributed by atoms with Crippen LogP contribution in [-0.2, 0) is 11.3 Å². The summed E-state index contributed by atoms with van der Waals surface area (Å²) in [7, 11) is 0. The maximum Gasteiger partial charge on any atom is 0.226 e. The van der Waals surface area contributed by atoms with E-state index in [1.165, 1.54) is 12.1 Å². The maximum absolute atomic E-state index is 12.9. The molecule has 2 heterocycles. The first-order chi connectivity index (χ1) is 12.0. The first kappa shape index (κ1) is 17.3. The van der Waals surface area contributed by atoms with Crippen molar-refractivity contribution in [2.75, 3.05) is 13.1 Å². The van der Waals surface area contributed by atoms with Crippen molar-refractivity contribution in [2.45, 2.75) is 31.4 Å². The highest BCUT2D eigenvalue weighted by molar-refractivity contribution is 5.79. The number of amides is 1. The zero-order valence-electron chi connectivity index (χ0n) is 13.9. The van der Waals surface area contributed by atoms with Gasteiger partial charge in [-0.15, -0.1) is 5.10 Å². The molecular formula is C18H21FN4O2. The Morgan fingerprint density at radius 1 is 1.36 bits per heavy atom. The highest BCUT2D eigenvalue weighted by Gasteiger charge is 2.35. The van der Waals surface area contributed by atoms with Crippen LogP contribution in [0.1, 0.15) is 24.8 Å². The fourth-order valence-electron chi connectivity index (χ4n) is 3.07. The molecule has 0 saturated carbocycles. The summed E-state index contributed by atoms with van der Waals surface area (Å²) < 4.78 is 14.5. The number of rotatable bonds is 5. The number of hydrogen-bond acceptors (Lipinski definition) is 4. The third-order valence-corrected chi connectivity index (χ3v) is 4.31. The van der Waals surface area contributed by atoms with Gasteiger partial charge >= 0.3 is 0 Å². The third-order valence-electron chi connectivity index (χ3n) is 4.31. The number of hydrogen-bond donors (Lipinski definition) is 1. The van der Waals surface area contributed by atoms with Gasteiger partial charge in [0.05, 0.1) is 19.3 Å².